The molecule has 3 N–H and O–H groups in total. The van der Waals surface area contributed by atoms with Crippen LogP contribution in [0.4, 0.5) is 11.4 Å². The predicted octanol–water partition coefficient (Wildman–Crippen LogP) is 2.96. The van der Waals surface area contributed by atoms with E-state index >= 15 is 0 Å². The van der Waals surface area contributed by atoms with Gasteiger partial charge in [0.1, 0.15) is 0 Å². The third-order valence-corrected chi connectivity index (χ3v) is 4.16. The second-order valence-corrected chi connectivity index (χ2v) is 5.58. The summed E-state index contributed by atoms with van der Waals surface area (Å²) in [6, 6.07) is 6.08. The van der Waals surface area contributed by atoms with Gasteiger partial charge in [0.05, 0.1) is 6.10 Å². The summed E-state index contributed by atoms with van der Waals surface area (Å²) in [5.74, 6) is 0.575. The van der Waals surface area contributed by atoms with Crippen LogP contribution in [0.15, 0.2) is 24.4 Å². The fourth-order valence-corrected chi connectivity index (χ4v) is 2.80. The highest BCUT2D eigenvalue weighted by molar-refractivity contribution is 6.00. The molecule has 2 unspecified atom stereocenters. The number of nitrogens with one attached hydrogen (secondary N) is 1. The van der Waals surface area contributed by atoms with Crippen LogP contribution in [0.1, 0.15) is 19.0 Å². The van der Waals surface area contributed by atoms with Crippen molar-refractivity contribution in [1.82, 2.24) is 4.98 Å². The van der Waals surface area contributed by atoms with Crippen molar-refractivity contribution >= 4 is 22.1 Å². The molecule has 1 fully saturated rings. The number of aryl methyl sites for hydroxylation is 1. The molecular formula is C16H21N3O. The Balaban J connectivity index is 1.87. The van der Waals surface area contributed by atoms with E-state index in [2.05, 4.69) is 29.4 Å². The van der Waals surface area contributed by atoms with Crippen LogP contribution in [0.25, 0.3) is 10.8 Å². The maximum atomic E-state index is 6.03. The summed E-state index contributed by atoms with van der Waals surface area (Å²) < 4.78 is 5.61. The van der Waals surface area contributed by atoms with Crippen molar-refractivity contribution in [3.05, 3.63) is 30.1 Å². The summed E-state index contributed by atoms with van der Waals surface area (Å²) in [4.78, 5) is 4.33. The molecule has 4 nitrogen and oxygen atoms in total. The number of rotatable bonds is 3. The Bertz CT molecular complexity index is 626. The summed E-state index contributed by atoms with van der Waals surface area (Å²) in [5.41, 5.74) is 8.93. The van der Waals surface area contributed by atoms with Crippen LogP contribution in [-0.4, -0.2) is 24.2 Å². The Morgan fingerprint density at radius 2 is 2.25 bits per heavy atom. The van der Waals surface area contributed by atoms with E-state index in [0.29, 0.717) is 12.0 Å². The third kappa shape index (κ3) is 2.43. The quantitative estimate of drug-likeness (QED) is 0.843. The average Bonchev–Trinajstić information content (AvgIpc) is 2.83. The molecule has 106 valence electrons. The summed E-state index contributed by atoms with van der Waals surface area (Å²) in [6.45, 7) is 5.95. The van der Waals surface area contributed by atoms with Gasteiger partial charge in [-0.15, -0.1) is 0 Å². The lowest BCUT2D eigenvalue weighted by Gasteiger charge is -2.17. The molecule has 1 aliphatic heterocycles. The third-order valence-electron chi connectivity index (χ3n) is 4.16. The minimum atomic E-state index is 0.339. The van der Waals surface area contributed by atoms with Crippen molar-refractivity contribution in [2.75, 3.05) is 24.2 Å². The van der Waals surface area contributed by atoms with Crippen molar-refractivity contribution in [1.29, 1.82) is 0 Å². The Morgan fingerprint density at radius 3 is 3.00 bits per heavy atom. The number of anilines is 2. The topological polar surface area (TPSA) is 60.2 Å². The zero-order valence-electron chi connectivity index (χ0n) is 12.0. The number of hydrogen-bond acceptors (Lipinski definition) is 4. The van der Waals surface area contributed by atoms with Crippen LogP contribution in [0.2, 0.25) is 0 Å². The maximum Gasteiger partial charge on any atom is 0.0592 e. The lowest BCUT2D eigenvalue weighted by molar-refractivity contribution is 0.108. The average molecular weight is 271 g/mol. The largest absolute Gasteiger partial charge is 0.398 e. The van der Waals surface area contributed by atoms with Gasteiger partial charge in [0.15, 0.2) is 0 Å². The molecule has 0 saturated carbocycles. The number of nitrogens with two attached hydrogens (primary N) is 1. The minimum Gasteiger partial charge on any atom is -0.398 e. The van der Waals surface area contributed by atoms with Gasteiger partial charge in [0.2, 0.25) is 0 Å². The zero-order chi connectivity index (χ0) is 14.1. The molecule has 1 aliphatic rings. The summed E-state index contributed by atoms with van der Waals surface area (Å²) in [5, 5.41) is 5.70. The van der Waals surface area contributed by atoms with E-state index in [-0.39, 0.29) is 0 Å². The summed E-state index contributed by atoms with van der Waals surface area (Å²) >= 11 is 0. The first-order valence-corrected chi connectivity index (χ1v) is 7.15. The predicted molar refractivity (Wildman–Crippen MR) is 82.9 cm³/mol. The molecule has 20 heavy (non-hydrogen) atoms. The van der Waals surface area contributed by atoms with Gasteiger partial charge in [-0.1, -0.05) is 0 Å². The van der Waals surface area contributed by atoms with Gasteiger partial charge < -0.3 is 15.8 Å². The van der Waals surface area contributed by atoms with Crippen molar-refractivity contribution in [2.45, 2.75) is 26.4 Å². The highest BCUT2D eigenvalue weighted by Crippen LogP contribution is 2.29. The number of fused-ring (bicyclic) bond motifs is 1. The number of nitrogen functional groups attached to an aromatic ring is 1. The van der Waals surface area contributed by atoms with Crippen molar-refractivity contribution in [2.24, 2.45) is 5.92 Å². The monoisotopic (exact) mass is 271 g/mol. The molecule has 0 amide bonds. The Morgan fingerprint density at radius 1 is 1.40 bits per heavy atom. The minimum absolute atomic E-state index is 0.339. The van der Waals surface area contributed by atoms with Gasteiger partial charge in [0.25, 0.3) is 0 Å². The van der Waals surface area contributed by atoms with Gasteiger partial charge in [-0.3, -0.25) is 4.98 Å². The van der Waals surface area contributed by atoms with E-state index < -0.39 is 0 Å². The fourth-order valence-electron chi connectivity index (χ4n) is 2.80. The van der Waals surface area contributed by atoms with E-state index in [1.807, 2.05) is 19.2 Å². The normalized spacial score (nSPS) is 22.3. The molecular weight excluding hydrogens is 250 g/mol. The molecule has 0 spiro atoms. The number of benzene rings is 1. The first kappa shape index (κ1) is 13.2. The molecule has 0 bridgehead atoms. The molecule has 1 aromatic carbocycles. The molecule has 3 rings (SSSR count). The number of hydrogen-bond donors (Lipinski definition) is 2. The van der Waals surface area contributed by atoms with E-state index in [1.54, 1.807) is 0 Å². The molecule has 1 aromatic heterocycles. The van der Waals surface area contributed by atoms with Crippen molar-refractivity contribution in [3.63, 3.8) is 0 Å². The highest BCUT2D eigenvalue weighted by atomic mass is 16.5. The van der Waals surface area contributed by atoms with E-state index in [9.17, 15) is 0 Å². The van der Waals surface area contributed by atoms with Gasteiger partial charge in [0, 0.05) is 53.1 Å². The molecule has 0 radical (unpaired) electrons. The van der Waals surface area contributed by atoms with Crippen LogP contribution in [0, 0.1) is 12.8 Å². The molecule has 2 aromatic rings. The van der Waals surface area contributed by atoms with Crippen molar-refractivity contribution < 1.29 is 4.74 Å². The molecule has 2 atom stereocenters. The van der Waals surface area contributed by atoms with Crippen LogP contribution in [0.5, 0.6) is 0 Å². The van der Waals surface area contributed by atoms with Gasteiger partial charge >= 0.3 is 0 Å². The Hall–Kier alpha value is -1.81. The maximum absolute atomic E-state index is 6.03. The smallest absolute Gasteiger partial charge is 0.0592 e. The second-order valence-electron chi connectivity index (χ2n) is 5.58. The Kier molecular flexibility index (Phi) is 3.49. The Labute approximate surface area is 119 Å². The number of ether oxygens (including phenoxy) is 1. The van der Waals surface area contributed by atoms with E-state index in [1.165, 1.54) is 0 Å². The fraction of sp³-hybridized carbons (Fsp3) is 0.438. The van der Waals surface area contributed by atoms with Crippen molar-refractivity contribution in [3.8, 4) is 0 Å². The van der Waals surface area contributed by atoms with Gasteiger partial charge in [-0.05, 0) is 38.5 Å². The van der Waals surface area contributed by atoms with Crippen LogP contribution >= 0.6 is 0 Å². The summed E-state index contributed by atoms with van der Waals surface area (Å²) in [7, 11) is 0. The first-order valence-electron chi connectivity index (χ1n) is 7.15. The van der Waals surface area contributed by atoms with Crippen LogP contribution in [-0.2, 0) is 4.74 Å². The highest BCUT2D eigenvalue weighted by Gasteiger charge is 2.23. The second kappa shape index (κ2) is 5.29. The lowest BCUT2D eigenvalue weighted by Crippen LogP contribution is -2.20. The van der Waals surface area contributed by atoms with E-state index in [4.69, 9.17) is 10.5 Å². The lowest BCUT2D eigenvalue weighted by atomic mass is 10.0. The van der Waals surface area contributed by atoms with Gasteiger partial charge in [-0.2, -0.15) is 0 Å². The van der Waals surface area contributed by atoms with Gasteiger partial charge in [-0.25, -0.2) is 0 Å². The molecule has 2 heterocycles. The first-order chi connectivity index (χ1) is 9.65. The summed E-state index contributed by atoms with van der Waals surface area (Å²) in [6.07, 6.45) is 3.32. The molecule has 4 heteroatoms. The molecule has 0 aliphatic carbocycles. The SMILES string of the molecule is Cc1cc2c(NCC3CCOC3C)ccc(N)c2cn1. The van der Waals surface area contributed by atoms with E-state index in [0.717, 1.165) is 47.4 Å². The number of nitrogens with zero attached hydrogens (tertiary/aromatic N) is 1. The molecule has 1 saturated heterocycles. The van der Waals surface area contributed by atoms with Crippen LogP contribution in [0.3, 0.4) is 0 Å². The number of aromatic nitrogens is 1. The zero-order valence-corrected chi connectivity index (χ0v) is 12.0. The standard InChI is InChI=1S/C16H21N3O/c1-10-7-13-14(9-18-10)15(17)3-4-16(13)19-8-12-5-6-20-11(12)2/h3-4,7,9,11-12,19H,5-6,8,17H2,1-2H3. The number of pyridine rings is 1. The van der Waals surface area contributed by atoms with Crippen LogP contribution < -0.4 is 11.1 Å².